The molecule has 2 heterocycles. The standard InChI is InChI=1S/C11H20N4O2/c1-3-12-7-10-13-11(14-17-10)9-8-15(4-2)5-6-16-9/h9,12H,3-8H2,1-2H3. The van der Waals surface area contributed by atoms with Gasteiger partial charge in [0.15, 0.2) is 0 Å². The van der Waals surface area contributed by atoms with Crippen LogP contribution in [0.15, 0.2) is 4.52 Å². The van der Waals surface area contributed by atoms with Crippen molar-refractivity contribution in [1.82, 2.24) is 20.4 Å². The molecule has 96 valence electrons. The molecule has 6 nitrogen and oxygen atoms in total. The fourth-order valence-electron chi connectivity index (χ4n) is 1.85. The van der Waals surface area contributed by atoms with Crippen LogP contribution in [0.2, 0.25) is 0 Å². The van der Waals surface area contributed by atoms with Crippen LogP contribution >= 0.6 is 0 Å². The molecule has 1 aromatic heterocycles. The average molecular weight is 240 g/mol. The lowest BCUT2D eigenvalue weighted by Gasteiger charge is -2.30. The molecule has 17 heavy (non-hydrogen) atoms. The van der Waals surface area contributed by atoms with Gasteiger partial charge in [-0.05, 0) is 13.1 Å². The summed E-state index contributed by atoms with van der Waals surface area (Å²) in [6, 6.07) is 0. The third-order valence-electron chi connectivity index (χ3n) is 2.90. The second kappa shape index (κ2) is 6.09. The second-order valence-electron chi connectivity index (χ2n) is 4.08. The minimum atomic E-state index is -0.0529. The number of hydrogen-bond acceptors (Lipinski definition) is 6. The molecule has 0 radical (unpaired) electrons. The van der Waals surface area contributed by atoms with Gasteiger partial charge in [0.25, 0.3) is 0 Å². The minimum absolute atomic E-state index is 0.0529. The Morgan fingerprint density at radius 1 is 1.47 bits per heavy atom. The van der Waals surface area contributed by atoms with Crippen LogP contribution in [0.3, 0.4) is 0 Å². The first kappa shape index (κ1) is 12.5. The van der Waals surface area contributed by atoms with E-state index in [-0.39, 0.29) is 6.10 Å². The highest BCUT2D eigenvalue weighted by Gasteiger charge is 2.25. The van der Waals surface area contributed by atoms with Gasteiger partial charge in [0.05, 0.1) is 13.2 Å². The van der Waals surface area contributed by atoms with Crippen LogP contribution in [-0.2, 0) is 11.3 Å². The van der Waals surface area contributed by atoms with Crippen LogP contribution in [0.5, 0.6) is 0 Å². The molecule has 1 atom stereocenters. The van der Waals surface area contributed by atoms with Gasteiger partial charge >= 0.3 is 0 Å². The molecule has 0 aromatic carbocycles. The number of nitrogens with zero attached hydrogens (tertiary/aromatic N) is 3. The Balaban J connectivity index is 1.94. The summed E-state index contributed by atoms with van der Waals surface area (Å²) in [4.78, 5) is 6.68. The van der Waals surface area contributed by atoms with Crippen molar-refractivity contribution in [1.29, 1.82) is 0 Å². The van der Waals surface area contributed by atoms with Crippen molar-refractivity contribution in [3.05, 3.63) is 11.7 Å². The maximum absolute atomic E-state index is 5.67. The van der Waals surface area contributed by atoms with E-state index in [1.165, 1.54) is 0 Å². The Hall–Kier alpha value is -0.980. The van der Waals surface area contributed by atoms with Crippen LogP contribution in [-0.4, -0.2) is 47.8 Å². The summed E-state index contributed by atoms with van der Waals surface area (Å²) in [5.74, 6) is 1.29. The van der Waals surface area contributed by atoms with Gasteiger partial charge in [0, 0.05) is 13.1 Å². The van der Waals surface area contributed by atoms with E-state index in [9.17, 15) is 0 Å². The number of nitrogens with one attached hydrogen (secondary N) is 1. The molecule has 6 heteroatoms. The topological polar surface area (TPSA) is 63.4 Å². The van der Waals surface area contributed by atoms with Crippen molar-refractivity contribution in [3.8, 4) is 0 Å². The molecule has 0 bridgehead atoms. The number of ether oxygens (including phenoxy) is 1. The number of morpholine rings is 1. The predicted octanol–water partition coefficient (Wildman–Crippen LogP) is 0.572. The molecular formula is C11H20N4O2. The van der Waals surface area contributed by atoms with Crippen LogP contribution in [0.25, 0.3) is 0 Å². The number of rotatable bonds is 5. The van der Waals surface area contributed by atoms with Crippen molar-refractivity contribution in [2.45, 2.75) is 26.5 Å². The number of hydrogen-bond donors (Lipinski definition) is 1. The van der Waals surface area contributed by atoms with Crippen molar-refractivity contribution in [2.75, 3.05) is 32.8 Å². The van der Waals surface area contributed by atoms with Gasteiger partial charge in [-0.15, -0.1) is 0 Å². The Morgan fingerprint density at radius 3 is 3.12 bits per heavy atom. The zero-order chi connectivity index (χ0) is 12.1. The van der Waals surface area contributed by atoms with Crippen LogP contribution < -0.4 is 5.32 Å². The fourth-order valence-corrected chi connectivity index (χ4v) is 1.85. The number of aromatic nitrogens is 2. The lowest BCUT2D eigenvalue weighted by atomic mass is 10.2. The van der Waals surface area contributed by atoms with Crippen molar-refractivity contribution in [3.63, 3.8) is 0 Å². The summed E-state index contributed by atoms with van der Waals surface area (Å²) in [7, 11) is 0. The lowest BCUT2D eigenvalue weighted by molar-refractivity contribution is -0.0334. The monoisotopic (exact) mass is 240 g/mol. The van der Waals surface area contributed by atoms with E-state index in [1.807, 2.05) is 6.92 Å². The van der Waals surface area contributed by atoms with Gasteiger partial charge in [-0.2, -0.15) is 4.98 Å². The molecule has 0 saturated carbocycles. The first-order valence-corrected chi connectivity index (χ1v) is 6.20. The number of likely N-dealkylation sites (N-methyl/N-ethyl adjacent to an activating group) is 1. The normalized spacial score (nSPS) is 21.9. The molecule has 1 N–H and O–H groups in total. The van der Waals surface area contributed by atoms with E-state index in [2.05, 4.69) is 27.3 Å². The molecule has 1 aliphatic heterocycles. The molecular weight excluding hydrogens is 220 g/mol. The van der Waals surface area contributed by atoms with Gasteiger partial charge in [-0.1, -0.05) is 19.0 Å². The summed E-state index contributed by atoms with van der Waals surface area (Å²) in [5, 5.41) is 7.14. The third kappa shape index (κ3) is 3.24. The second-order valence-corrected chi connectivity index (χ2v) is 4.08. The maximum Gasteiger partial charge on any atom is 0.240 e. The summed E-state index contributed by atoms with van der Waals surface area (Å²) in [5.41, 5.74) is 0. The molecule has 0 amide bonds. The highest BCUT2D eigenvalue weighted by molar-refractivity contribution is 4.93. The van der Waals surface area contributed by atoms with Gasteiger partial charge < -0.3 is 14.6 Å². The molecule has 1 saturated heterocycles. The zero-order valence-corrected chi connectivity index (χ0v) is 10.5. The van der Waals surface area contributed by atoms with Crippen molar-refractivity contribution >= 4 is 0 Å². The Bertz CT molecular complexity index is 342. The minimum Gasteiger partial charge on any atom is -0.367 e. The quantitative estimate of drug-likeness (QED) is 0.812. The largest absolute Gasteiger partial charge is 0.367 e. The van der Waals surface area contributed by atoms with Gasteiger partial charge in [-0.3, -0.25) is 4.90 Å². The average Bonchev–Trinajstić information content (AvgIpc) is 2.85. The first-order chi connectivity index (χ1) is 8.33. The highest BCUT2D eigenvalue weighted by atomic mass is 16.5. The smallest absolute Gasteiger partial charge is 0.240 e. The third-order valence-corrected chi connectivity index (χ3v) is 2.90. The lowest BCUT2D eigenvalue weighted by Crippen LogP contribution is -2.38. The molecule has 1 unspecified atom stereocenters. The van der Waals surface area contributed by atoms with E-state index in [1.54, 1.807) is 0 Å². The van der Waals surface area contributed by atoms with Crippen LogP contribution in [0.4, 0.5) is 0 Å². The van der Waals surface area contributed by atoms with Crippen LogP contribution in [0.1, 0.15) is 31.7 Å². The summed E-state index contributed by atoms with van der Waals surface area (Å²) >= 11 is 0. The van der Waals surface area contributed by atoms with Gasteiger partial charge in [0.2, 0.25) is 11.7 Å². The van der Waals surface area contributed by atoms with Crippen LogP contribution in [0, 0.1) is 0 Å². The van der Waals surface area contributed by atoms with Gasteiger partial charge in [-0.25, -0.2) is 0 Å². The molecule has 1 aliphatic rings. The maximum atomic E-state index is 5.67. The summed E-state index contributed by atoms with van der Waals surface area (Å²) in [6.07, 6.45) is -0.0529. The van der Waals surface area contributed by atoms with E-state index in [0.29, 0.717) is 18.3 Å². The van der Waals surface area contributed by atoms with E-state index in [0.717, 1.165) is 32.8 Å². The summed E-state index contributed by atoms with van der Waals surface area (Å²) in [6.45, 7) is 9.29. The highest BCUT2D eigenvalue weighted by Crippen LogP contribution is 2.19. The molecule has 1 aromatic rings. The SMILES string of the molecule is CCNCc1nc(C2CN(CC)CCO2)no1. The first-order valence-electron chi connectivity index (χ1n) is 6.20. The predicted molar refractivity (Wildman–Crippen MR) is 62.5 cm³/mol. The molecule has 1 fully saturated rings. The molecule has 2 rings (SSSR count). The van der Waals surface area contributed by atoms with E-state index >= 15 is 0 Å². The Labute approximate surface area is 101 Å². The van der Waals surface area contributed by atoms with Gasteiger partial charge in [0.1, 0.15) is 6.10 Å². The Kier molecular flexibility index (Phi) is 4.47. The van der Waals surface area contributed by atoms with Crippen molar-refractivity contribution < 1.29 is 9.26 Å². The fraction of sp³-hybridized carbons (Fsp3) is 0.818. The Morgan fingerprint density at radius 2 is 2.35 bits per heavy atom. The zero-order valence-electron chi connectivity index (χ0n) is 10.5. The van der Waals surface area contributed by atoms with Crippen molar-refractivity contribution in [2.24, 2.45) is 0 Å². The van der Waals surface area contributed by atoms with E-state index < -0.39 is 0 Å². The van der Waals surface area contributed by atoms with E-state index in [4.69, 9.17) is 9.26 Å². The molecule has 0 spiro atoms. The molecule has 0 aliphatic carbocycles. The summed E-state index contributed by atoms with van der Waals surface area (Å²) < 4.78 is 10.8.